The molecule has 0 saturated carbocycles. The first kappa shape index (κ1) is 20.3. The maximum absolute atomic E-state index is 12.6. The molecule has 1 aromatic rings. The molecule has 0 aliphatic carbocycles. The van der Waals surface area contributed by atoms with Crippen LogP contribution in [0.2, 0.25) is 0 Å². The lowest BCUT2D eigenvalue weighted by molar-refractivity contribution is -0.180. The van der Waals surface area contributed by atoms with Crippen LogP contribution in [0.5, 0.6) is 0 Å². The molecule has 2 aliphatic heterocycles. The predicted molar refractivity (Wildman–Crippen MR) is 108 cm³/mol. The lowest BCUT2D eigenvalue weighted by Gasteiger charge is -2.33. The topological polar surface area (TPSA) is 49.9 Å². The van der Waals surface area contributed by atoms with E-state index in [1.54, 1.807) is 5.06 Å². The number of hydrogen-bond acceptors (Lipinski definition) is 4. The fourth-order valence-corrected chi connectivity index (χ4v) is 4.69. The van der Waals surface area contributed by atoms with Crippen LogP contribution in [0.1, 0.15) is 55.3 Å². The minimum Gasteiger partial charge on any atom is -0.371 e. The van der Waals surface area contributed by atoms with Gasteiger partial charge in [0.05, 0.1) is 0 Å². The van der Waals surface area contributed by atoms with Gasteiger partial charge in [0.2, 0.25) is 0 Å². The summed E-state index contributed by atoms with van der Waals surface area (Å²) in [5, 5.41) is 1.77. The van der Waals surface area contributed by atoms with Gasteiger partial charge in [-0.25, -0.2) is 0 Å². The Bertz CT molecular complexity index is 624. The van der Waals surface area contributed by atoms with Gasteiger partial charge in [-0.15, -0.1) is 5.06 Å². The van der Waals surface area contributed by atoms with Gasteiger partial charge in [-0.3, -0.25) is 9.59 Å². The van der Waals surface area contributed by atoms with E-state index in [9.17, 15) is 9.59 Å². The van der Waals surface area contributed by atoms with Crippen molar-refractivity contribution in [3.63, 3.8) is 0 Å². The standard InChI is InChI=1S/C21H29BrN2O3/c22-20-6-2-5-19(15-20)21(26)23-11-7-17(8-12-23)3-1-4-18-9-13-24(14-10-18)27-16-25/h2,5-6,15-18H,1,3-4,7-14H2. The van der Waals surface area contributed by atoms with Gasteiger partial charge < -0.3 is 9.74 Å². The summed E-state index contributed by atoms with van der Waals surface area (Å²) in [5.41, 5.74) is 0.771. The van der Waals surface area contributed by atoms with Crippen LogP contribution in [0.25, 0.3) is 0 Å². The summed E-state index contributed by atoms with van der Waals surface area (Å²) in [7, 11) is 0. The van der Waals surface area contributed by atoms with E-state index in [2.05, 4.69) is 15.9 Å². The highest BCUT2D eigenvalue weighted by atomic mass is 79.9. The van der Waals surface area contributed by atoms with Crippen molar-refractivity contribution in [1.29, 1.82) is 0 Å². The first-order valence-electron chi connectivity index (χ1n) is 10.1. The molecule has 0 spiro atoms. The van der Waals surface area contributed by atoms with Crippen molar-refractivity contribution in [3.05, 3.63) is 34.3 Å². The van der Waals surface area contributed by atoms with Crippen molar-refractivity contribution >= 4 is 28.3 Å². The fraction of sp³-hybridized carbons (Fsp3) is 0.619. The molecule has 3 rings (SSSR count). The van der Waals surface area contributed by atoms with Crippen LogP contribution >= 0.6 is 15.9 Å². The maximum atomic E-state index is 12.6. The fourth-order valence-electron chi connectivity index (χ4n) is 4.29. The smallest absolute Gasteiger partial charge is 0.312 e. The van der Waals surface area contributed by atoms with Crippen LogP contribution in [-0.2, 0) is 9.63 Å². The van der Waals surface area contributed by atoms with Gasteiger partial charge in [-0.2, -0.15) is 0 Å². The first-order valence-corrected chi connectivity index (χ1v) is 10.8. The molecule has 0 atom stereocenters. The Morgan fingerprint density at radius 3 is 2.30 bits per heavy atom. The number of rotatable bonds is 7. The predicted octanol–water partition coefficient (Wildman–Crippen LogP) is 4.27. The van der Waals surface area contributed by atoms with E-state index < -0.39 is 0 Å². The monoisotopic (exact) mass is 436 g/mol. The number of benzene rings is 1. The van der Waals surface area contributed by atoms with E-state index in [0.717, 1.165) is 73.7 Å². The number of halogens is 1. The van der Waals surface area contributed by atoms with E-state index in [1.165, 1.54) is 19.3 Å². The summed E-state index contributed by atoms with van der Waals surface area (Å²) in [5.74, 6) is 1.66. The molecule has 2 fully saturated rings. The number of likely N-dealkylation sites (tertiary alicyclic amines) is 1. The van der Waals surface area contributed by atoms with Crippen molar-refractivity contribution in [1.82, 2.24) is 9.96 Å². The number of carbonyl (C=O) groups excluding carboxylic acids is 2. The van der Waals surface area contributed by atoms with E-state index in [0.29, 0.717) is 6.47 Å². The number of hydrogen-bond donors (Lipinski definition) is 0. The molecule has 2 saturated heterocycles. The van der Waals surface area contributed by atoms with Crippen LogP contribution in [0.15, 0.2) is 28.7 Å². The Balaban J connectivity index is 1.33. The normalized spacial score (nSPS) is 19.8. The molecular weight excluding hydrogens is 408 g/mol. The second kappa shape index (κ2) is 10.2. The third-order valence-corrected chi connectivity index (χ3v) is 6.46. The molecule has 0 unspecified atom stereocenters. The van der Waals surface area contributed by atoms with Crippen LogP contribution in [0.4, 0.5) is 0 Å². The molecule has 27 heavy (non-hydrogen) atoms. The van der Waals surface area contributed by atoms with Gasteiger partial charge in [-0.05, 0) is 55.7 Å². The van der Waals surface area contributed by atoms with Crippen molar-refractivity contribution in [3.8, 4) is 0 Å². The van der Waals surface area contributed by atoms with Gasteiger partial charge in [0.1, 0.15) is 0 Å². The summed E-state index contributed by atoms with van der Waals surface area (Å²) in [6.07, 6.45) is 8.27. The molecule has 5 nitrogen and oxygen atoms in total. The summed E-state index contributed by atoms with van der Waals surface area (Å²) in [6, 6.07) is 7.66. The molecule has 0 N–H and O–H groups in total. The minimum absolute atomic E-state index is 0.152. The zero-order valence-electron chi connectivity index (χ0n) is 15.8. The largest absolute Gasteiger partial charge is 0.371 e. The SMILES string of the molecule is O=CON1CCC(CCCC2CCN(C(=O)c3cccc(Br)c3)CC2)CC1. The van der Waals surface area contributed by atoms with Gasteiger partial charge >= 0.3 is 6.47 Å². The Hall–Kier alpha value is -1.40. The molecule has 2 heterocycles. The van der Waals surface area contributed by atoms with Crippen LogP contribution in [0, 0.1) is 11.8 Å². The number of hydroxylamine groups is 2. The molecular formula is C21H29BrN2O3. The van der Waals surface area contributed by atoms with Gasteiger partial charge in [0, 0.05) is 36.2 Å². The van der Waals surface area contributed by atoms with Crippen LogP contribution < -0.4 is 0 Å². The van der Waals surface area contributed by atoms with Crippen LogP contribution in [0.3, 0.4) is 0 Å². The molecule has 1 amide bonds. The van der Waals surface area contributed by atoms with Crippen LogP contribution in [-0.4, -0.2) is 48.5 Å². The zero-order valence-corrected chi connectivity index (χ0v) is 17.4. The summed E-state index contributed by atoms with van der Waals surface area (Å²) < 4.78 is 0.951. The minimum atomic E-state index is 0.152. The average molecular weight is 437 g/mol. The summed E-state index contributed by atoms with van der Waals surface area (Å²) in [4.78, 5) is 29.9. The lowest BCUT2D eigenvalue weighted by atomic mass is 9.87. The van der Waals surface area contributed by atoms with Gasteiger partial charge in [0.15, 0.2) is 0 Å². The highest BCUT2D eigenvalue weighted by molar-refractivity contribution is 9.10. The highest BCUT2D eigenvalue weighted by Crippen LogP contribution is 2.28. The third kappa shape index (κ3) is 6.04. The van der Waals surface area contributed by atoms with Gasteiger partial charge in [0.25, 0.3) is 5.91 Å². The quantitative estimate of drug-likeness (QED) is 0.598. The van der Waals surface area contributed by atoms with Crippen molar-refractivity contribution in [2.24, 2.45) is 11.8 Å². The second-order valence-electron chi connectivity index (χ2n) is 7.75. The lowest BCUT2D eigenvalue weighted by Crippen LogP contribution is -2.38. The summed E-state index contributed by atoms with van der Waals surface area (Å²) >= 11 is 3.44. The maximum Gasteiger partial charge on any atom is 0.312 e. The van der Waals surface area contributed by atoms with Crippen molar-refractivity contribution in [2.45, 2.75) is 44.9 Å². The van der Waals surface area contributed by atoms with E-state index in [4.69, 9.17) is 4.84 Å². The molecule has 2 aliphatic rings. The van der Waals surface area contributed by atoms with Crippen molar-refractivity contribution < 1.29 is 14.4 Å². The molecule has 0 bridgehead atoms. The Morgan fingerprint density at radius 1 is 1.07 bits per heavy atom. The molecule has 1 aromatic carbocycles. The molecule has 148 valence electrons. The molecule has 0 aromatic heterocycles. The summed E-state index contributed by atoms with van der Waals surface area (Å²) in [6.45, 7) is 3.99. The van der Waals surface area contributed by atoms with E-state index in [-0.39, 0.29) is 5.91 Å². The van der Waals surface area contributed by atoms with Crippen molar-refractivity contribution in [2.75, 3.05) is 26.2 Å². The first-order chi connectivity index (χ1) is 13.2. The second-order valence-corrected chi connectivity index (χ2v) is 8.67. The number of amides is 1. The number of carbonyl (C=O) groups is 2. The van der Waals surface area contributed by atoms with Gasteiger partial charge in [-0.1, -0.05) is 41.3 Å². The highest BCUT2D eigenvalue weighted by Gasteiger charge is 2.24. The van der Waals surface area contributed by atoms with E-state index >= 15 is 0 Å². The number of piperidine rings is 2. The third-order valence-electron chi connectivity index (χ3n) is 5.96. The number of nitrogens with zero attached hydrogens (tertiary/aromatic N) is 2. The molecule has 0 radical (unpaired) electrons. The van der Waals surface area contributed by atoms with E-state index in [1.807, 2.05) is 29.2 Å². The average Bonchev–Trinajstić information content (AvgIpc) is 2.69. The zero-order chi connectivity index (χ0) is 19.1. The Morgan fingerprint density at radius 2 is 1.70 bits per heavy atom. The molecule has 6 heteroatoms. The Kier molecular flexibility index (Phi) is 7.70. The Labute approximate surface area is 170 Å².